The molecule has 6 nitrogen and oxygen atoms in total. The van der Waals surface area contributed by atoms with Crippen LogP contribution in [0, 0.1) is 11.8 Å². The monoisotopic (exact) mass is 488 g/mol. The molecule has 0 fully saturated rings. The number of rotatable bonds is 14. The summed E-state index contributed by atoms with van der Waals surface area (Å²) in [6, 6.07) is 10.00. The summed E-state index contributed by atoms with van der Waals surface area (Å²) in [6.45, 7) is 2.02. The first kappa shape index (κ1) is 29.1. The van der Waals surface area contributed by atoms with Crippen LogP contribution in [0.1, 0.15) is 51.0 Å². The molecule has 0 saturated carbocycles. The minimum absolute atomic E-state index is 0. The van der Waals surface area contributed by atoms with Crippen LogP contribution in [0.25, 0.3) is 0 Å². The third kappa shape index (κ3) is 10.8. The van der Waals surface area contributed by atoms with Gasteiger partial charge in [0.2, 0.25) is 10.0 Å². The Morgan fingerprint density at radius 2 is 1.81 bits per heavy atom. The Morgan fingerprint density at radius 3 is 2.44 bits per heavy atom. The molecule has 1 heterocycles. The zero-order chi connectivity index (χ0) is 22.7. The maximum absolute atomic E-state index is 12.3. The van der Waals surface area contributed by atoms with E-state index in [1.54, 1.807) is 25.3 Å². The van der Waals surface area contributed by atoms with E-state index in [1.165, 1.54) is 17.7 Å². The van der Waals surface area contributed by atoms with E-state index in [-0.39, 0.29) is 40.4 Å². The number of nitrogens with zero attached hydrogens (tertiary/aromatic N) is 1. The number of unbranched alkanes of at least 4 members (excludes halogenated alkanes) is 1. The smallest absolute Gasteiger partial charge is 0.550 e. The number of carbonyl (C=O) groups is 1. The minimum atomic E-state index is -3.55. The van der Waals surface area contributed by atoms with E-state index >= 15 is 0 Å². The second kappa shape index (κ2) is 15.0. The topological polar surface area (TPSA) is 99.2 Å². The first-order chi connectivity index (χ1) is 14.8. The van der Waals surface area contributed by atoms with Gasteiger partial charge in [-0.15, -0.1) is 0 Å². The van der Waals surface area contributed by atoms with Crippen molar-refractivity contribution >= 4 is 27.6 Å². The fourth-order valence-electron chi connectivity index (χ4n) is 3.58. The summed E-state index contributed by atoms with van der Waals surface area (Å²) in [5.41, 5.74) is 1.17. The van der Waals surface area contributed by atoms with E-state index in [1.807, 2.05) is 18.3 Å². The number of aromatic nitrogens is 1. The fraction of sp³-hybridized carbons (Fsp3) is 0.478. The van der Waals surface area contributed by atoms with Gasteiger partial charge in [-0.05, 0) is 73.4 Å². The molecule has 9 heteroatoms. The van der Waals surface area contributed by atoms with E-state index < -0.39 is 21.9 Å². The average molecular weight is 489 g/mol. The summed E-state index contributed by atoms with van der Waals surface area (Å²) in [4.78, 5) is 15.5. The maximum atomic E-state index is 12.3. The number of hydrogen-bond donors (Lipinski definition) is 1. The van der Waals surface area contributed by atoms with Crippen molar-refractivity contribution in [3.05, 3.63) is 59.4 Å². The molecule has 0 bridgehead atoms. The third-order valence-corrected chi connectivity index (χ3v) is 7.07. The van der Waals surface area contributed by atoms with Crippen LogP contribution in [-0.2, 0) is 21.2 Å². The van der Waals surface area contributed by atoms with Crippen molar-refractivity contribution in [1.29, 1.82) is 0 Å². The average Bonchev–Trinajstić information content (AvgIpc) is 2.74. The van der Waals surface area contributed by atoms with Crippen LogP contribution in [-0.4, -0.2) is 25.9 Å². The summed E-state index contributed by atoms with van der Waals surface area (Å²) in [7, 11) is -3.55. The van der Waals surface area contributed by atoms with Gasteiger partial charge in [-0.1, -0.05) is 43.9 Å². The molecule has 0 spiro atoms. The number of aliphatic carboxylic acids is 1. The number of halogens is 1. The van der Waals surface area contributed by atoms with Crippen LogP contribution in [0.2, 0.25) is 5.02 Å². The molecule has 2 unspecified atom stereocenters. The number of carboxylic acids is 1. The van der Waals surface area contributed by atoms with E-state index in [0.717, 1.165) is 32.1 Å². The Kier molecular flexibility index (Phi) is 13.7. The first-order valence-electron chi connectivity index (χ1n) is 10.6. The van der Waals surface area contributed by atoms with Crippen LogP contribution in [0.15, 0.2) is 53.7 Å². The second-order valence-corrected chi connectivity index (χ2v) is 10.1. The van der Waals surface area contributed by atoms with Gasteiger partial charge in [0.25, 0.3) is 0 Å². The predicted octanol–water partition coefficient (Wildman–Crippen LogP) is 0.603. The molecule has 0 aliphatic heterocycles. The number of benzene rings is 1. The number of aryl methyl sites for hydroxylation is 1. The normalized spacial score (nSPS) is 13.2. The number of pyridine rings is 1. The quantitative estimate of drug-likeness (QED) is 0.310. The van der Waals surface area contributed by atoms with Crippen molar-refractivity contribution in [1.82, 2.24) is 9.71 Å². The standard InChI is InChI=1S/C23H31ClN2O4S.Na/c1-18(23(27)28)16-19(7-4-8-20-9-5-14-25-17-20)6-2-3-15-26-31(29,30)22-12-10-21(24)11-13-22;/h5,9-14,17-19,26H,2-4,6-8,15-16H2,1H3,(H,27,28);/q;+1/p-1. The Morgan fingerprint density at radius 1 is 1.12 bits per heavy atom. The van der Waals surface area contributed by atoms with Gasteiger partial charge in [0.1, 0.15) is 0 Å². The van der Waals surface area contributed by atoms with Gasteiger partial charge < -0.3 is 9.90 Å². The van der Waals surface area contributed by atoms with Crippen molar-refractivity contribution in [2.45, 2.75) is 56.8 Å². The molecule has 2 aromatic rings. The number of hydrogen-bond acceptors (Lipinski definition) is 5. The van der Waals surface area contributed by atoms with Gasteiger partial charge in [-0.25, -0.2) is 13.1 Å². The fourth-order valence-corrected chi connectivity index (χ4v) is 4.78. The van der Waals surface area contributed by atoms with Crippen LogP contribution >= 0.6 is 11.6 Å². The summed E-state index contributed by atoms with van der Waals surface area (Å²) >= 11 is 5.80. The SMILES string of the molecule is CC(CC(CCCCNS(=O)(=O)c1ccc(Cl)cc1)CCCc1cccnc1)C(=O)[O-].[Na+]. The van der Waals surface area contributed by atoms with Crippen LogP contribution in [0.4, 0.5) is 0 Å². The number of nitrogens with one attached hydrogen (secondary N) is 1. The molecule has 170 valence electrons. The molecule has 0 aliphatic rings. The van der Waals surface area contributed by atoms with Gasteiger partial charge in [0, 0.05) is 29.9 Å². The first-order valence-corrected chi connectivity index (χ1v) is 12.5. The molecule has 2 rings (SSSR count). The summed E-state index contributed by atoms with van der Waals surface area (Å²) in [5, 5.41) is 11.7. The Labute approximate surface area is 218 Å². The predicted molar refractivity (Wildman–Crippen MR) is 120 cm³/mol. The van der Waals surface area contributed by atoms with Crippen molar-refractivity contribution in [3.63, 3.8) is 0 Å². The second-order valence-electron chi connectivity index (χ2n) is 7.92. The molecule has 1 aromatic heterocycles. The van der Waals surface area contributed by atoms with E-state index in [9.17, 15) is 18.3 Å². The van der Waals surface area contributed by atoms with Crippen LogP contribution in [0.5, 0.6) is 0 Å². The zero-order valence-electron chi connectivity index (χ0n) is 18.8. The van der Waals surface area contributed by atoms with Crippen LogP contribution < -0.4 is 39.4 Å². The van der Waals surface area contributed by atoms with Crippen molar-refractivity contribution in [2.75, 3.05) is 6.54 Å². The molecule has 0 saturated heterocycles. The largest absolute Gasteiger partial charge is 1.00 e. The summed E-state index contributed by atoms with van der Waals surface area (Å²) < 4.78 is 27.2. The third-order valence-electron chi connectivity index (χ3n) is 5.35. The minimum Gasteiger partial charge on any atom is -0.550 e. The van der Waals surface area contributed by atoms with Crippen LogP contribution in [0.3, 0.4) is 0 Å². The summed E-state index contributed by atoms with van der Waals surface area (Å²) in [6.07, 6.45) is 9.32. The van der Waals surface area contributed by atoms with Crippen molar-refractivity contribution in [3.8, 4) is 0 Å². The summed E-state index contributed by atoms with van der Waals surface area (Å²) in [5.74, 6) is -1.25. The molecule has 1 aromatic carbocycles. The van der Waals surface area contributed by atoms with Gasteiger partial charge in [-0.3, -0.25) is 4.98 Å². The maximum Gasteiger partial charge on any atom is 1.00 e. The van der Waals surface area contributed by atoms with Crippen molar-refractivity contribution in [2.24, 2.45) is 11.8 Å². The van der Waals surface area contributed by atoms with Gasteiger partial charge in [0.05, 0.1) is 4.90 Å². The zero-order valence-corrected chi connectivity index (χ0v) is 22.4. The van der Waals surface area contributed by atoms with E-state index in [2.05, 4.69) is 9.71 Å². The molecular weight excluding hydrogens is 459 g/mol. The van der Waals surface area contributed by atoms with Gasteiger partial charge >= 0.3 is 29.6 Å². The molecule has 2 atom stereocenters. The molecule has 1 N–H and O–H groups in total. The van der Waals surface area contributed by atoms with Gasteiger partial charge in [-0.2, -0.15) is 0 Å². The number of sulfonamides is 1. The molecule has 0 radical (unpaired) electrons. The molecule has 32 heavy (non-hydrogen) atoms. The van der Waals surface area contributed by atoms with E-state index in [0.29, 0.717) is 24.4 Å². The number of carboxylic acid groups (broad SMARTS) is 1. The van der Waals surface area contributed by atoms with Gasteiger partial charge in [0.15, 0.2) is 0 Å². The van der Waals surface area contributed by atoms with E-state index in [4.69, 9.17) is 11.6 Å². The molecule has 0 aliphatic carbocycles. The Balaban J connectivity index is 0.00000512. The Hall–Kier alpha value is -0.960. The van der Waals surface area contributed by atoms with Crippen molar-refractivity contribution < 1.29 is 47.9 Å². The molecule has 0 amide bonds. The Bertz CT molecular complexity index is 911. The molecular formula is C23H30ClN2NaO4S. The number of carbonyl (C=O) groups excluding carboxylic acids is 1.